The molecule has 0 atom stereocenters. The minimum atomic E-state index is -0.300. The van der Waals surface area contributed by atoms with Gasteiger partial charge in [-0.15, -0.1) is 0 Å². The molecule has 1 fully saturated rings. The lowest BCUT2D eigenvalue weighted by atomic mass is 9.98. The minimum absolute atomic E-state index is 0.196. The number of rotatable bonds is 3. The second kappa shape index (κ2) is 5.82. The van der Waals surface area contributed by atoms with E-state index < -0.39 is 0 Å². The van der Waals surface area contributed by atoms with Crippen molar-refractivity contribution in [2.24, 2.45) is 5.92 Å². The smallest absolute Gasteiger partial charge is 0.336 e. The lowest BCUT2D eigenvalue weighted by Crippen LogP contribution is -2.33. The molecule has 0 amide bonds. The Hall–Kier alpha value is -1.94. The van der Waals surface area contributed by atoms with Crippen molar-refractivity contribution in [1.29, 1.82) is 0 Å². The molecule has 0 aliphatic carbocycles. The van der Waals surface area contributed by atoms with Gasteiger partial charge in [-0.05, 0) is 50.0 Å². The number of hydrogen-bond donors (Lipinski definition) is 0. The lowest BCUT2D eigenvalue weighted by Gasteiger charge is -2.29. The molecule has 2 heterocycles. The topological polar surface area (TPSA) is 50.5 Å². The third-order valence-electron chi connectivity index (χ3n) is 4.20. The predicted molar refractivity (Wildman–Crippen MR) is 81.3 cm³/mol. The zero-order valence-corrected chi connectivity index (χ0v) is 12.2. The zero-order valence-electron chi connectivity index (χ0n) is 12.2. The first kappa shape index (κ1) is 14.0. The molecule has 0 unspecified atom stereocenters. The Morgan fingerprint density at radius 1 is 1.29 bits per heavy atom. The van der Waals surface area contributed by atoms with Crippen molar-refractivity contribution >= 4 is 17.3 Å². The summed E-state index contributed by atoms with van der Waals surface area (Å²) in [5.41, 5.74) is 2.44. The average Bonchev–Trinajstić information content (AvgIpc) is 2.47. The number of benzene rings is 1. The van der Waals surface area contributed by atoms with Gasteiger partial charge in [0.1, 0.15) is 11.9 Å². The van der Waals surface area contributed by atoms with E-state index in [1.807, 2.05) is 25.1 Å². The van der Waals surface area contributed by atoms with Crippen molar-refractivity contribution in [3.05, 3.63) is 45.8 Å². The summed E-state index contributed by atoms with van der Waals surface area (Å²) in [6, 6.07) is 7.54. The number of aldehydes is 1. The van der Waals surface area contributed by atoms with E-state index >= 15 is 0 Å². The third-order valence-corrected chi connectivity index (χ3v) is 4.20. The van der Waals surface area contributed by atoms with Crippen LogP contribution in [0.15, 0.2) is 33.5 Å². The number of likely N-dealkylation sites (tertiary alicyclic amines) is 1. The molecular weight excluding hydrogens is 266 g/mol. The van der Waals surface area contributed by atoms with Crippen molar-refractivity contribution in [3.8, 4) is 0 Å². The molecule has 4 nitrogen and oxygen atoms in total. The summed E-state index contributed by atoms with van der Waals surface area (Å²) in [5.74, 6) is 0.196. The molecular formula is C17H19NO3. The van der Waals surface area contributed by atoms with Crippen LogP contribution in [0.2, 0.25) is 0 Å². The summed E-state index contributed by atoms with van der Waals surface area (Å²) < 4.78 is 5.29. The molecule has 1 aromatic heterocycles. The van der Waals surface area contributed by atoms with E-state index in [9.17, 15) is 9.59 Å². The molecule has 0 N–H and O–H groups in total. The Balaban J connectivity index is 1.87. The van der Waals surface area contributed by atoms with Crippen LogP contribution in [-0.4, -0.2) is 24.3 Å². The van der Waals surface area contributed by atoms with Gasteiger partial charge in [-0.3, -0.25) is 4.90 Å². The van der Waals surface area contributed by atoms with Crippen molar-refractivity contribution in [2.75, 3.05) is 13.1 Å². The highest BCUT2D eigenvalue weighted by Gasteiger charge is 2.19. The van der Waals surface area contributed by atoms with Crippen LogP contribution in [0.3, 0.4) is 0 Å². The highest BCUT2D eigenvalue weighted by molar-refractivity contribution is 5.80. The highest BCUT2D eigenvalue weighted by Crippen LogP contribution is 2.22. The van der Waals surface area contributed by atoms with Crippen LogP contribution >= 0.6 is 0 Å². The molecule has 4 heteroatoms. The molecule has 1 saturated heterocycles. The van der Waals surface area contributed by atoms with E-state index in [0.717, 1.165) is 55.3 Å². The second-order valence-electron chi connectivity index (χ2n) is 5.84. The molecule has 21 heavy (non-hydrogen) atoms. The van der Waals surface area contributed by atoms with Gasteiger partial charge in [0, 0.05) is 23.9 Å². The summed E-state index contributed by atoms with van der Waals surface area (Å²) in [7, 11) is 0. The van der Waals surface area contributed by atoms with E-state index in [2.05, 4.69) is 4.90 Å². The van der Waals surface area contributed by atoms with E-state index in [-0.39, 0.29) is 11.5 Å². The highest BCUT2D eigenvalue weighted by atomic mass is 16.4. The number of fused-ring (bicyclic) bond motifs is 1. The minimum Gasteiger partial charge on any atom is -0.423 e. The van der Waals surface area contributed by atoms with Gasteiger partial charge in [0.2, 0.25) is 0 Å². The first-order chi connectivity index (χ1) is 10.2. The van der Waals surface area contributed by atoms with E-state index in [1.165, 1.54) is 0 Å². The van der Waals surface area contributed by atoms with Gasteiger partial charge in [0.05, 0.1) is 0 Å². The number of hydrogen-bond acceptors (Lipinski definition) is 4. The molecule has 0 saturated carbocycles. The summed E-state index contributed by atoms with van der Waals surface area (Å²) in [6.45, 7) is 4.51. The maximum absolute atomic E-state index is 11.7. The number of carbonyl (C=O) groups excluding carboxylic acids is 1. The van der Waals surface area contributed by atoms with Crippen molar-refractivity contribution in [1.82, 2.24) is 4.90 Å². The number of carbonyl (C=O) groups is 1. The van der Waals surface area contributed by atoms with Crippen molar-refractivity contribution in [2.45, 2.75) is 26.3 Å². The molecule has 110 valence electrons. The molecule has 0 radical (unpaired) electrons. The van der Waals surface area contributed by atoms with Crippen molar-refractivity contribution < 1.29 is 9.21 Å². The van der Waals surface area contributed by atoms with Gasteiger partial charge in [0.25, 0.3) is 0 Å². The molecule has 1 aliphatic heterocycles. The summed E-state index contributed by atoms with van der Waals surface area (Å²) >= 11 is 0. The summed E-state index contributed by atoms with van der Waals surface area (Å²) in [4.78, 5) is 24.8. The SMILES string of the molecule is Cc1ccc2c(CN3CCC(C=O)CC3)cc(=O)oc2c1. The van der Waals surface area contributed by atoms with Crippen LogP contribution in [0.5, 0.6) is 0 Å². The van der Waals surface area contributed by atoms with Gasteiger partial charge < -0.3 is 9.21 Å². The normalized spacial score (nSPS) is 17.2. The first-order valence-corrected chi connectivity index (χ1v) is 7.37. The standard InChI is InChI=1S/C17H19NO3/c1-12-2-3-15-14(9-17(20)21-16(15)8-12)10-18-6-4-13(11-19)5-7-18/h2-3,8-9,11,13H,4-7,10H2,1H3. The zero-order chi connectivity index (χ0) is 14.8. The summed E-state index contributed by atoms with van der Waals surface area (Å²) in [6.07, 6.45) is 2.87. The Labute approximate surface area is 123 Å². The van der Waals surface area contributed by atoms with Crippen LogP contribution in [0.4, 0.5) is 0 Å². The number of aryl methyl sites for hydroxylation is 1. The maximum atomic E-state index is 11.7. The van der Waals surface area contributed by atoms with Gasteiger partial charge in [-0.2, -0.15) is 0 Å². The fraction of sp³-hybridized carbons (Fsp3) is 0.412. The third kappa shape index (κ3) is 3.05. The van der Waals surface area contributed by atoms with E-state index in [4.69, 9.17) is 4.42 Å². The van der Waals surface area contributed by atoms with Crippen LogP contribution in [0.25, 0.3) is 11.0 Å². The first-order valence-electron chi connectivity index (χ1n) is 7.37. The lowest BCUT2D eigenvalue weighted by molar-refractivity contribution is -0.112. The second-order valence-corrected chi connectivity index (χ2v) is 5.84. The Morgan fingerprint density at radius 3 is 2.76 bits per heavy atom. The number of nitrogens with zero attached hydrogens (tertiary/aromatic N) is 1. The van der Waals surface area contributed by atoms with Crippen LogP contribution in [-0.2, 0) is 11.3 Å². The van der Waals surface area contributed by atoms with Crippen LogP contribution in [0.1, 0.15) is 24.0 Å². The molecule has 1 aromatic carbocycles. The van der Waals surface area contributed by atoms with E-state index in [0.29, 0.717) is 5.58 Å². The predicted octanol–water partition coefficient (Wildman–Crippen LogP) is 2.51. The Bertz CT molecular complexity index is 712. The fourth-order valence-corrected chi connectivity index (χ4v) is 2.96. The quantitative estimate of drug-likeness (QED) is 0.642. The largest absolute Gasteiger partial charge is 0.423 e. The maximum Gasteiger partial charge on any atom is 0.336 e. The average molecular weight is 285 g/mol. The Morgan fingerprint density at radius 2 is 2.05 bits per heavy atom. The molecule has 3 rings (SSSR count). The van der Waals surface area contributed by atoms with Gasteiger partial charge in [-0.25, -0.2) is 4.79 Å². The monoisotopic (exact) mass is 285 g/mol. The van der Waals surface area contributed by atoms with Crippen LogP contribution < -0.4 is 5.63 Å². The van der Waals surface area contributed by atoms with Gasteiger partial charge in [-0.1, -0.05) is 12.1 Å². The van der Waals surface area contributed by atoms with Gasteiger partial charge in [0.15, 0.2) is 0 Å². The molecule has 0 bridgehead atoms. The Kier molecular flexibility index (Phi) is 3.88. The molecule has 1 aliphatic rings. The van der Waals surface area contributed by atoms with Crippen molar-refractivity contribution in [3.63, 3.8) is 0 Å². The summed E-state index contributed by atoms with van der Waals surface area (Å²) in [5, 5.41) is 0.998. The van der Waals surface area contributed by atoms with Crippen LogP contribution in [0, 0.1) is 12.8 Å². The fourth-order valence-electron chi connectivity index (χ4n) is 2.96. The van der Waals surface area contributed by atoms with Gasteiger partial charge >= 0.3 is 5.63 Å². The number of piperidine rings is 1. The molecule has 2 aromatic rings. The van der Waals surface area contributed by atoms with E-state index in [1.54, 1.807) is 6.07 Å². The molecule has 0 spiro atoms.